The maximum absolute atomic E-state index is 12.8. The summed E-state index contributed by atoms with van der Waals surface area (Å²) in [7, 11) is 1.63. The fourth-order valence-electron chi connectivity index (χ4n) is 2.95. The number of aliphatic hydroxyl groups excluding tert-OH is 1. The third-order valence-electron chi connectivity index (χ3n) is 4.44. The van der Waals surface area contributed by atoms with Crippen LogP contribution in [0.4, 0.5) is 4.79 Å². The van der Waals surface area contributed by atoms with Crippen molar-refractivity contribution < 1.29 is 14.6 Å². The third-order valence-corrected chi connectivity index (χ3v) is 4.44. The van der Waals surface area contributed by atoms with Gasteiger partial charge in [0.15, 0.2) is 0 Å². The van der Waals surface area contributed by atoms with Gasteiger partial charge in [0.1, 0.15) is 5.75 Å². The van der Waals surface area contributed by atoms with Crippen LogP contribution >= 0.6 is 0 Å². The van der Waals surface area contributed by atoms with Crippen molar-refractivity contribution in [2.24, 2.45) is 0 Å². The van der Waals surface area contributed by atoms with Crippen molar-refractivity contribution in [1.82, 2.24) is 10.2 Å². The molecule has 3 rings (SSSR count). The predicted octanol–water partition coefficient (Wildman–Crippen LogP) is 2.95. The van der Waals surface area contributed by atoms with E-state index in [9.17, 15) is 9.90 Å². The third kappa shape index (κ3) is 4.31. The summed E-state index contributed by atoms with van der Waals surface area (Å²) >= 11 is 0. The first-order chi connectivity index (χ1) is 12.2. The number of nitrogens with zero attached hydrogens (tertiary/aromatic N) is 1. The van der Waals surface area contributed by atoms with Gasteiger partial charge in [0, 0.05) is 12.6 Å². The molecule has 1 atom stereocenters. The molecule has 25 heavy (non-hydrogen) atoms. The zero-order valence-corrected chi connectivity index (χ0v) is 14.4. The lowest BCUT2D eigenvalue weighted by molar-refractivity contribution is 0.172. The fraction of sp³-hybridized carbons (Fsp3) is 0.350. The normalized spacial score (nSPS) is 14.6. The van der Waals surface area contributed by atoms with Crippen molar-refractivity contribution >= 4 is 6.03 Å². The molecule has 0 heterocycles. The number of carbonyl (C=O) groups is 1. The number of methoxy groups -OCH3 is 1. The van der Waals surface area contributed by atoms with E-state index in [4.69, 9.17) is 4.74 Å². The first kappa shape index (κ1) is 17.3. The van der Waals surface area contributed by atoms with Gasteiger partial charge in [-0.1, -0.05) is 42.5 Å². The van der Waals surface area contributed by atoms with Crippen LogP contribution in [0.2, 0.25) is 0 Å². The first-order valence-corrected chi connectivity index (χ1v) is 8.60. The Hall–Kier alpha value is -2.53. The monoisotopic (exact) mass is 340 g/mol. The van der Waals surface area contributed by atoms with Crippen molar-refractivity contribution in [3.05, 3.63) is 65.7 Å². The van der Waals surface area contributed by atoms with Gasteiger partial charge in [-0.2, -0.15) is 0 Å². The average molecular weight is 340 g/mol. The fourth-order valence-corrected chi connectivity index (χ4v) is 2.95. The molecule has 2 amide bonds. The van der Waals surface area contributed by atoms with E-state index in [1.54, 1.807) is 12.0 Å². The predicted molar refractivity (Wildman–Crippen MR) is 96.6 cm³/mol. The van der Waals surface area contributed by atoms with Gasteiger partial charge >= 0.3 is 6.03 Å². The van der Waals surface area contributed by atoms with Gasteiger partial charge in [0.05, 0.1) is 19.8 Å². The minimum absolute atomic E-state index is 0.0253. The van der Waals surface area contributed by atoms with Crippen LogP contribution in [0.1, 0.15) is 30.0 Å². The molecular weight excluding hydrogens is 316 g/mol. The van der Waals surface area contributed by atoms with Gasteiger partial charge in [-0.05, 0) is 36.1 Å². The lowest BCUT2D eigenvalue weighted by Crippen LogP contribution is -2.44. The molecule has 1 saturated carbocycles. The Balaban J connectivity index is 1.84. The van der Waals surface area contributed by atoms with Gasteiger partial charge in [-0.3, -0.25) is 0 Å². The molecule has 0 spiro atoms. The molecule has 0 aromatic heterocycles. The van der Waals surface area contributed by atoms with Crippen LogP contribution in [0.5, 0.6) is 5.75 Å². The number of rotatable bonds is 7. The Kier molecular flexibility index (Phi) is 5.56. The minimum Gasteiger partial charge on any atom is -0.497 e. The van der Waals surface area contributed by atoms with Crippen LogP contribution in [0, 0.1) is 0 Å². The maximum atomic E-state index is 12.8. The number of ether oxygens (including phenoxy) is 1. The second kappa shape index (κ2) is 8.03. The molecule has 0 aliphatic heterocycles. The van der Waals surface area contributed by atoms with Crippen LogP contribution in [0.25, 0.3) is 0 Å². The van der Waals surface area contributed by atoms with Crippen LogP contribution in [0.3, 0.4) is 0 Å². The van der Waals surface area contributed by atoms with Crippen LogP contribution in [-0.4, -0.2) is 42.3 Å². The number of nitrogens with one attached hydrogen (secondary N) is 1. The second-order valence-corrected chi connectivity index (χ2v) is 6.21. The van der Waals surface area contributed by atoms with Crippen molar-refractivity contribution in [2.75, 3.05) is 20.3 Å². The van der Waals surface area contributed by atoms with Crippen molar-refractivity contribution in [2.45, 2.75) is 24.9 Å². The second-order valence-electron chi connectivity index (χ2n) is 6.21. The lowest BCUT2D eigenvalue weighted by atomic mass is 9.99. The van der Waals surface area contributed by atoms with E-state index in [-0.39, 0.29) is 24.7 Å². The molecule has 5 heteroatoms. The van der Waals surface area contributed by atoms with Crippen molar-refractivity contribution in [3.63, 3.8) is 0 Å². The van der Waals surface area contributed by atoms with Crippen LogP contribution in [-0.2, 0) is 0 Å². The number of benzene rings is 2. The zero-order chi connectivity index (χ0) is 17.6. The molecule has 0 bridgehead atoms. The Morgan fingerprint density at radius 2 is 1.80 bits per heavy atom. The maximum Gasteiger partial charge on any atom is 0.318 e. The van der Waals surface area contributed by atoms with Gasteiger partial charge in [0.25, 0.3) is 0 Å². The number of aliphatic hydroxyl groups is 1. The summed E-state index contributed by atoms with van der Waals surface area (Å²) in [6, 6.07) is 17.5. The van der Waals surface area contributed by atoms with Crippen molar-refractivity contribution in [3.8, 4) is 5.75 Å². The van der Waals surface area contributed by atoms with E-state index in [0.29, 0.717) is 6.54 Å². The number of hydrogen-bond acceptors (Lipinski definition) is 3. The van der Waals surface area contributed by atoms with E-state index in [1.165, 1.54) is 0 Å². The highest BCUT2D eigenvalue weighted by molar-refractivity contribution is 5.76. The summed E-state index contributed by atoms with van der Waals surface area (Å²) in [5.41, 5.74) is 2.00. The Bertz CT molecular complexity index is 684. The molecule has 5 nitrogen and oxygen atoms in total. The first-order valence-electron chi connectivity index (χ1n) is 8.60. The van der Waals surface area contributed by atoms with Crippen molar-refractivity contribution in [1.29, 1.82) is 0 Å². The molecule has 1 fully saturated rings. The van der Waals surface area contributed by atoms with E-state index in [2.05, 4.69) is 5.32 Å². The molecule has 1 aliphatic carbocycles. The highest BCUT2D eigenvalue weighted by atomic mass is 16.5. The van der Waals surface area contributed by atoms with Crippen LogP contribution < -0.4 is 10.1 Å². The molecule has 1 aliphatic rings. The highest BCUT2D eigenvalue weighted by Crippen LogP contribution is 2.28. The Labute approximate surface area is 148 Å². The van der Waals surface area contributed by atoms with E-state index < -0.39 is 0 Å². The molecular formula is C20H24N2O3. The van der Waals surface area contributed by atoms with Gasteiger partial charge < -0.3 is 20.1 Å². The van der Waals surface area contributed by atoms with Crippen LogP contribution in [0.15, 0.2) is 54.6 Å². The number of carbonyl (C=O) groups excluding carboxylic acids is 1. The smallest absolute Gasteiger partial charge is 0.318 e. The van der Waals surface area contributed by atoms with Gasteiger partial charge in [-0.15, -0.1) is 0 Å². The Morgan fingerprint density at radius 3 is 2.36 bits per heavy atom. The van der Waals surface area contributed by atoms with E-state index in [1.807, 2.05) is 54.6 Å². The van der Waals surface area contributed by atoms with E-state index in [0.717, 1.165) is 29.7 Å². The van der Waals surface area contributed by atoms with Gasteiger partial charge in [0.2, 0.25) is 0 Å². The number of urea groups is 1. The van der Waals surface area contributed by atoms with Gasteiger partial charge in [-0.25, -0.2) is 4.79 Å². The summed E-state index contributed by atoms with van der Waals surface area (Å²) in [6.45, 7) is 0.336. The summed E-state index contributed by atoms with van der Waals surface area (Å²) in [5, 5.41) is 12.4. The SMILES string of the molecule is COc1ccc(C(NC(=O)N(CCO)C2CC2)c2ccccc2)cc1. The quantitative estimate of drug-likeness (QED) is 0.815. The minimum atomic E-state index is -0.250. The zero-order valence-electron chi connectivity index (χ0n) is 14.4. The molecule has 2 aromatic carbocycles. The van der Waals surface area contributed by atoms with E-state index >= 15 is 0 Å². The molecule has 0 radical (unpaired) electrons. The summed E-state index contributed by atoms with van der Waals surface area (Å²) < 4.78 is 5.22. The standard InChI is InChI=1S/C20H24N2O3/c1-25-18-11-7-16(8-12-18)19(15-5-3-2-4-6-15)21-20(24)22(13-14-23)17-9-10-17/h2-8,11-12,17,19,23H,9-10,13-14H2,1H3,(H,21,24). The molecule has 1 unspecified atom stereocenters. The summed E-state index contributed by atoms with van der Waals surface area (Å²) in [5.74, 6) is 0.779. The number of amides is 2. The average Bonchev–Trinajstić information content (AvgIpc) is 3.50. The molecule has 2 aromatic rings. The lowest BCUT2D eigenvalue weighted by Gasteiger charge is -2.26. The summed E-state index contributed by atoms with van der Waals surface area (Å²) in [4.78, 5) is 14.5. The highest BCUT2D eigenvalue weighted by Gasteiger charge is 2.33. The Morgan fingerprint density at radius 1 is 1.16 bits per heavy atom. The molecule has 132 valence electrons. The summed E-state index contributed by atoms with van der Waals surface area (Å²) in [6.07, 6.45) is 2.01. The topological polar surface area (TPSA) is 61.8 Å². The molecule has 0 saturated heterocycles. The molecule has 2 N–H and O–H groups in total. The largest absolute Gasteiger partial charge is 0.497 e. The number of hydrogen-bond donors (Lipinski definition) is 2.